The summed E-state index contributed by atoms with van der Waals surface area (Å²) in [6, 6.07) is 21.6. The minimum absolute atomic E-state index is 0.0533. The average molecular weight is 519 g/mol. The zero-order valence-electron chi connectivity index (χ0n) is 20.4. The number of halogens is 1. The number of aliphatic imine (C=N–C) groups is 1. The number of para-hydroxylation sites is 2. The third-order valence-corrected chi connectivity index (χ3v) is 6.28. The van der Waals surface area contributed by atoms with Crippen LogP contribution in [0, 0.1) is 0 Å². The highest BCUT2D eigenvalue weighted by molar-refractivity contribution is 6.32. The Kier molecular flexibility index (Phi) is 8.20. The SMILES string of the molecule is CN(Cc1ccccc1)C(=O)CCC(=O)c1cccc2c1N=C(N)N(CC(=O)Oc1ccccc1Cl)C2. The van der Waals surface area contributed by atoms with E-state index in [9.17, 15) is 14.4 Å². The maximum absolute atomic E-state index is 13.0. The Morgan fingerprint density at radius 3 is 2.49 bits per heavy atom. The summed E-state index contributed by atoms with van der Waals surface area (Å²) in [5, 5.41) is 0.328. The first kappa shape index (κ1) is 25.9. The number of amides is 1. The Hall–Kier alpha value is -4.17. The van der Waals surface area contributed by atoms with Gasteiger partial charge in [0.2, 0.25) is 5.91 Å². The lowest BCUT2D eigenvalue weighted by atomic mass is 9.99. The fourth-order valence-corrected chi connectivity index (χ4v) is 4.19. The van der Waals surface area contributed by atoms with Gasteiger partial charge in [-0.3, -0.25) is 9.59 Å². The highest BCUT2D eigenvalue weighted by Crippen LogP contribution is 2.31. The number of ketones is 1. The number of carbonyl (C=O) groups is 3. The van der Waals surface area contributed by atoms with Gasteiger partial charge in [0.1, 0.15) is 12.3 Å². The Bertz CT molecular complexity index is 1340. The summed E-state index contributed by atoms with van der Waals surface area (Å²) in [4.78, 5) is 45.7. The second kappa shape index (κ2) is 11.7. The number of esters is 1. The predicted octanol–water partition coefficient (Wildman–Crippen LogP) is 4.33. The molecule has 0 radical (unpaired) electrons. The third kappa shape index (κ3) is 6.54. The molecule has 2 N–H and O–H groups in total. The number of benzene rings is 3. The van der Waals surface area contributed by atoms with Crippen LogP contribution >= 0.6 is 11.6 Å². The molecular formula is C28H27ClN4O4. The number of guanidine groups is 1. The van der Waals surface area contributed by atoms with Gasteiger partial charge in [0.15, 0.2) is 11.7 Å². The molecule has 3 aromatic carbocycles. The van der Waals surface area contributed by atoms with Crippen LogP contribution in [0.2, 0.25) is 5.02 Å². The maximum Gasteiger partial charge on any atom is 0.331 e. The molecule has 0 fully saturated rings. The molecule has 1 amide bonds. The summed E-state index contributed by atoms with van der Waals surface area (Å²) >= 11 is 6.06. The zero-order chi connectivity index (χ0) is 26.4. The molecule has 1 aliphatic rings. The molecule has 8 nitrogen and oxygen atoms in total. The van der Waals surface area contributed by atoms with Crippen molar-refractivity contribution in [2.24, 2.45) is 10.7 Å². The molecule has 0 aromatic heterocycles. The molecule has 0 bridgehead atoms. The van der Waals surface area contributed by atoms with Crippen LogP contribution in [0.15, 0.2) is 77.8 Å². The predicted molar refractivity (Wildman–Crippen MR) is 142 cm³/mol. The Morgan fingerprint density at radius 1 is 1.00 bits per heavy atom. The van der Waals surface area contributed by atoms with Crippen molar-refractivity contribution in [3.63, 3.8) is 0 Å². The molecule has 0 atom stereocenters. The standard InChI is InChI=1S/C28H27ClN4O4/c1-32(16-19-8-3-2-4-9-19)25(35)15-14-23(34)21-11-7-10-20-17-33(28(30)31-27(20)21)18-26(36)37-24-13-6-5-12-22(24)29/h2-13H,14-18H2,1H3,(H2,30,31). The number of nitrogens with zero attached hydrogens (tertiary/aromatic N) is 3. The molecule has 0 aliphatic carbocycles. The van der Waals surface area contributed by atoms with Crippen molar-refractivity contribution in [2.45, 2.75) is 25.9 Å². The number of hydrogen-bond donors (Lipinski definition) is 1. The first-order valence-corrected chi connectivity index (χ1v) is 12.2. The molecular weight excluding hydrogens is 492 g/mol. The van der Waals surface area contributed by atoms with Crippen molar-refractivity contribution < 1.29 is 19.1 Å². The van der Waals surface area contributed by atoms with Gasteiger partial charge < -0.3 is 20.3 Å². The normalized spacial score (nSPS) is 12.4. The van der Waals surface area contributed by atoms with Gasteiger partial charge in [0.05, 0.1) is 10.7 Å². The molecule has 1 heterocycles. The molecule has 9 heteroatoms. The van der Waals surface area contributed by atoms with Crippen LogP contribution < -0.4 is 10.5 Å². The van der Waals surface area contributed by atoms with Crippen LogP contribution in [0.3, 0.4) is 0 Å². The van der Waals surface area contributed by atoms with Crippen molar-refractivity contribution in [3.05, 3.63) is 94.5 Å². The first-order valence-electron chi connectivity index (χ1n) is 11.8. The van der Waals surface area contributed by atoms with E-state index in [0.29, 0.717) is 22.8 Å². The molecule has 0 saturated carbocycles. The molecule has 0 unspecified atom stereocenters. The van der Waals surface area contributed by atoms with E-state index in [0.717, 1.165) is 11.1 Å². The lowest BCUT2D eigenvalue weighted by Gasteiger charge is -2.28. The summed E-state index contributed by atoms with van der Waals surface area (Å²) in [6.07, 6.45) is 0.142. The summed E-state index contributed by atoms with van der Waals surface area (Å²) in [5.41, 5.74) is 8.77. The van der Waals surface area contributed by atoms with Crippen molar-refractivity contribution in [2.75, 3.05) is 13.6 Å². The van der Waals surface area contributed by atoms with Gasteiger partial charge in [-0.15, -0.1) is 0 Å². The quantitative estimate of drug-likeness (QED) is 0.257. The number of hydrogen-bond acceptors (Lipinski definition) is 7. The Morgan fingerprint density at radius 2 is 1.73 bits per heavy atom. The van der Waals surface area contributed by atoms with E-state index in [1.54, 1.807) is 53.2 Å². The highest BCUT2D eigenvalue weighted by Gasteiger charge is 2.25. The monoisotopic (exact) mass is 518 g/mol. The third-order valence-electron chi connectivity index (χ3n) is 5.97. The van der Waals surface area contributed by atoms with Crippen LogP contribution in [-0.4, -0.2) is 47.0 Å². The van der Waals surface area contributed by atoms with Crippen LogP contribution in [0.1, 0.15) is 34.3 Å². The molecule has 0 saturated heterocycles. The van der Waals surface area contributed by atoms with E-state index in [1.165, 1.54) is 0 Å². The fraction of sp³-hybridized carbons (Fsp3) is 0.214. The lowest BCUT2D eigenvalue weighted by Crippen LogP contribution is -2.43. The van der Waals surface area contributed by atoms with Crippen molar-refractivity contribution in [3.8, 4) is 5.75 Å². The van der Waals surface area contributed by atoms with Crippen LogP contribution in [0.25, 0.3) is 0 Å². The second-order valence-electron chi connectivity index (χ2n) is 8.70. The van der Waals surface area contributed by atoms with E-state index in [4.69, 9.17) is 22.1 Å². The Balaban J connectivity index is 1.38. The summed E-state index contributed by atoms with van der Waals surface area (Å²) < 4.78 is 5.34. The van der Waals surface area contributed by atoms with Crippen molar-refractivity contribution >= 4 is 40.9 Å². The van der Waals surface area contributed by atoms with Gasteiger partial charge in [-0.05, 0) is 29.3 Å². The van der Waals surface area contributed by atoms with Gasteiger partial charge in [-0.2, -0.15) is 0 Å². The van der Waals surface area contributed by atoms with Gasteiger partial charge in [-0.25, -0.2) is 9.79 Å². The van der Waals surface area contributed by atoms with E-state index < -0.39 is 5.97 Å². The Labute approximate surface area is 220 Å². The molecule has 1 aliphatic heterocycles. The van der Waals surface area contributed by atoms with Crippen LogP contribution in [0.4, 0.5) is 5.69 Å². The highest BCUT2D eigenvalue weighted by atomic mass is 35.5. The largest absolute Gasteiger partial charge is 0.424 e. The minimum Gasteiger partial charge on any atom is -0.424 e. The number of fused-ring (bicyclic) bond motifs is 1. The van der Waals surface area contributed by atoms with Crippen LogP contribution in [0.5, 0.6) is 5.75 Å². The number of rotatable bonds is 9. The van der Waals surface area contributed by atoms with E-state index in [-0.39, 0.29) is 49.3 Å². The zero-order valence-corrected chi connectivity index (χ0v) is 21.1. The molecule has 37 heavy (non-hydrogen) atoms. The summed E-state index contributed by atoms with van der Waals surface area (Å²) in [7, 11) is 1.72. The maximum atomic E-state index is 13.0. The van der Waals surface area contributed by atoms with Gasteiger partial charge >= 0.3 is 5.97 Å². The average Bonchev–Trinajstić information content (AvgIpc) is 2.89. The van der Waals surface area contributed by atoms with Crippen molar-refractivity contribution in [1.82, 2.24) is 9.80 Å². The lowest BCUT2D eigenvalue weighted by molar-refractivity contribution is -0.135. The van der Waals surface area contributed by atoms with Gasteiger partial charge in [-0.1, -0.05) is 66.2 Å². The van der Waals surface area contributed by atoms with E-state index in [1.807, 2.05) is 36.4 Å². The van der Waals surface area contributed by atoms with Gasteiger partial charge in [0.25, 0.3) is 0 Å². The number of Topliss-reactive ketones (excluding diaryl/α,β-unsaturated/α-hetero) is 1. The fourth-order valence-electron chi connectivity index (χ4n) is 4.01. The van der Waals surface area contributed by atoms with E-state index in [2.05, 4.69) is 4.99 Å². The molecule has 4 rings (SSSR count). The smallest absolute Gasteiger partial charge is 0.331 e. The summed E-state index contributed by atoms with van der Waals surface area (Å²) in [5.74, 6) is -0.490. The van der Waals surface area contributed by atoms with Crippen molar-refractivity contribution in [1.29, 1.82) is 0 Å². The summed E-state index contributed by atoms with van der Waals surface area (Å²) in [6.45, 7) is 0.618. The second-order valence-corrected chi connectivity index (χ2v) is 9.11. The molecule has 0 spiro atoms. The number of carbonyl (C=O) groups excluding carboxylic acids is 3. The van der Waals surface area contributed by atoms with Crippen LogP contribution in [-0.2, 0) is 22.7 Å². The number of ether oxygens (including phenoxy) is 1. The first-order chi connectivity index (χ1) is 17.8. The molecule has 3 aromatic rings. The molecule has 190 valence electrons. The minimum atomic E-state index is -0.542. The topological polar surface area (TPSA) is 105 Å². The number of nitrogens with two attached hydrogens (primary N) is 1. The van der Waals surface area contributed by atoms with Gasteiger partial charge in [0, 0.05) is 38.5 Å². The van der Waals surface area contributed by atoms with E-state index >= 15 is 0 Å².